The van der Waals surface area contributed by atoms with Crippen molar-refractivity contribution in [2.75, 3.05) is 0 Å². The first-order valence-corrected chi connectivity index (χ1v) is 24.5. The molecule has 0 saturated carbocycles. The molecule has 10 aromatic carbocycles. The van der Waals surface area contributed by atoms with Gasteiger partial charge in [-0.3, -0.25) is 0 Å². The van der Waals surface area contributed by atoms with Gasteiger partial charge < -0.3 is 13.7 Å². The number of nitriles is 1. The maximum atomic E-state index is 9.92. The first kappa shape index (κ1) is 37.8. The molecule has 0 aliphatic rings. The lowest BCUT2D eigenvalue weighted by Gasteiger charge is -2.34. The van der Waals surface area contributed by atoms with Crippen molar-refractivity contribution in [3.63, 3.8) is 0 Å². The van der Waals surface area contributed by atoms with Crippen LogP contribution in [0.15, 0.2) is 243 Å². The van der Waals surface area contributed by atoms with Crippen LogP contribution in [-0.4, -0.2) is 21.8 Å². The molecule has 0 amide bonds. The Morgan fingerprint density at radius 2 is 0.636 bits per heavy atom. The van der Waals surface area contributed by atoms with Gasteiger partial charge >= 0.3 is 0 Å². The van der Waals surface area contributed by atoms with Crippen molar-refractivity contribution in [2.24, 2.45) is 0 Å². The van der Waals surface area contributed by atoms with Crippen LogP contribution in [0.1, 0.15) is 5.56 Å². The number of hydrogen-bond acceptors (Lipinski definition) is 1. The van der Waals surface area contributed by atoms with Gasteiger partial charge in [-0.1, -0.05) is 170 Å². The number of nitrogens with zero attached hydrogens (tertiary/aromatic N) is 4. The average molecular weight is 857 g/mol. The summed E-state index contributed by atoms with van der Waals surface area (Å²) in [6.07, 6.45) is 0. The highest BCUT2D eigenvalue weighted by Crippen LogP contribution is 2.39. The average Bonchev–Trinajstić information content (AvgIpc) is 4.02. The van der Waals surface area contributed by atoms with E-state index in [1.165, 1.54) is 53.2 Å². The summed E-state index contributed by atoms with van der Waals surface area (Å²) >= 11 is 0. The van der Waals surface area contributed by atoms with Crippen LogP contribution < -0.4 is 20.7 Å². The molecule has 0 spiro atoms. The first-order valence-electron chi connectivity index (χ1n) is 22.5. The normalized spacial score (nSPS) is 11.9. The monoisotopic (exact) mass is 856 g/mol. The summed E-state index contributed by atoms with van der Waals surface area (Å²) in [6, 6.07) is 91.0. The van der Waals surface area contributed by atoms with Gasteiger partial charge in [0.25, 0.3) is 0 Å². The van der Waals surface area contributed by atoms with Crippen molar-refractivity contribution < 1.29 is 0 Å². The van der Waals surface area contributed by atoms with Crippen LogP contribution in [0.4, 0.5) is 0 Å². The molecule has 66 heavy (non-hydrogen) atoms. The highest BCUT2D eigenvalue weighted by atomic mass is 28.3. The Kier molecular flexibility index (Phi) is 8.57. The van der Waals surface area contributed by atoms with Crippen LogP contribution in [0, 0.1) is 11.3 Å². The molecule has 3 heterocycles. The van der Waals surface area contributed by atoms with Gasteiger partial charge in [-0.05, 0) is 93.5 Å². The quantitative estimate of drug-likeness (QED) is 0.116. The van der Waals surface area contributed by atoms with Crippen molar-refractivity contribution in [2.45, 2.75) is 0 Å². The number of para-hydroxylation sites is 3. The molecular formula is C61H40N4Si. The fraction of sp³-hybridized carbons (Fsp3) is 0. The minimum atomic E-state index is -2.68. The Labute approximate surface area is 382 Å². The van der Waals surface area contributed by atoms with Crippen molar-refractivity contribution in [1.29, 1.82) is 5.26 Å². The molecule has 0 radical (unpaired) electrons. The number of fused-ring (bicyclic) bond motifs is 9. The number of aromatic nitrogens is 3. The number of rotatable bonds is 7. The van der Waals surface area contributed by atoms with Gasteiger partial charge in [-0.15, -0.1) is 0 Å². The molecule has 0 saturated heterocycles. The van der Waals surface area contributed by atoms with Crippen LogP contribution in [0.25, 0.3) is 82.5 Å². The Balaban J connectivity index is 0.996. The third kappa shape index (κ3) is 5.56. The van der Waals surface area contributed by atoms with Crippen LogP contribution in [0.5, 0.6) is 0 Å². The van der Waals surface area contributed by atoms with E-state index in [0.717, 1.165) is 50.0 Å². The second-order valence-electron chi connectivity index (χ2n) is 17.2. The van der Waals surface area contributed by atoms with Crippen molar-refractivity contribution in [1.82, 2.24) is 13.7 Å². The molecule has 0 unspecified atom stereocenters. The second kappa shape index (κ2) is 15.0. The smallest absolute Gasteiger partial charge is 0.179 e. The summed E-state index contributed by atoms with van der Waals surface area (Å²) in [5, 5.41) is 22.4. The second-order valence-corrected chi connectivity index (χ2v) is 21.0. The molecule has 13 rings (SSSR count). The standard InChI is InChI=1S/C61H40N4Si/c62-41-42-28-35-53-50-22-10-14-26-57(50)65(60(53)38-42)45-31-36-54-51-23-11-13-25-56(51)64(61(54)40-45)44-32-37-59-55(39-44)52-24-12-15-27-58(52)63(59)43-29-33-49(34-30-43)66(46-16-4-1-5-17-46,47-18-6-2-7-19-47)48-20-8-3-9-21-48/h1-40H. The molecule has 4 nitrogen and oxygen atoms in total. The van der Waals surface area contributed by atoms with E-state index in [1.54, 1.807) is 0 Å². The molecule has 308 valence electrons. The summed E-state index contributed by atoms with van der Waals surface area (Å²) in [5.41, 5.74) is 10.7. The summed E-state index contributed by atoms with van der Waals surface area (Å²) in [7, 11) is -2.68. The van der Waals surface area contributed by atoms with Gasteiger partial charge in [-0.25, -0.2) is 0 Å². The predicted octanol–water partition coefficient (Wildman–Crippen LogP) is 12.2. The number of benzene rings is 10. The van der Waals surface area contributed by atoms with E-state index in [2.05, 4.69) is 250 Å². The molecule has 0 N–H and O–H groups in total. The Bertz CT molecular complexity index is 3950. The minimum Gasteiger partial charge on any atom is -0.309 e. The molecule has 5 heteroatoms. The molecule has 3 aromatic heterocycles. The van der Waals surface area contributed by atoms with Crippen LogP contribution in [0.2, 0.25) is 0 Å². The van der Waals surface area contributed by atoms with E-state index in [1.807, 2.05) is 12.1 Å². The Morgan fingerprint density at radius 3 is 1.17 bits per heavy atom. The minimum absolute atomic E-state index is 0.645. The van der Waals surface area contributed by atoms with Gasteiger partial charge in [0.2, 0.25) is 0 Å². The fourth-order valence-electron chi connectivity index (χ4n) is 11.0. The SMILES string of the molecule is N#Cc1ccc2c3ccccc3n(-c3ccc4c5ccccc5n(-c5ccc6c(c5)c5ccccc5n6-c5ccc([Si](c6ccccc6)(c6ccccc6)c6ccccc6)cc5)c4c3)c2c1. The first-order chi connectivity index (χ1) is 32.7. The lowest BCUT2D eigenvalue weighted by molar-refractivity contribution is 1.15. The maximum Gasteiger partial charge on any atom is 0.179 e. The van der Waals surface area contributed by atoms with E-state index in [9.17, 15) is 5.26 Å². The van der Waals surface area contributed by atoms with E-state index in [0.29, 0.717) is 5.56 Å². The summed E-state index contributed by atoms with van der Waals surface area (Å²) in [5.74, 6) is 0. The van der Waals surface area contributed by atoms with E-state index >= 15 is 0 Å². The third-order valence-corrected chi connectivity index (χ3v) is 18.6. The lowest BCUT2D eigenvalue weighted by atomic mass is 10.1. The molecule has 0 aliphatic heterocycles. The zero-order chi connectivity index (χ0) is 43.8. The zero-order valence-electron chi connectivity index (χ0n) is 35.9. The summed E-state index contributed by atoms with van der Waals surface area (Å²) < 4.78 is 7.15. The fourth-order valence-corrected chi connectivity index (χ4v) is 15.7. The van der Waals surface area contributed by atoms with Gasteiger partial charge in [-0.2, -0.15) is 5.26 Å². The molecule has 0 atom stereocenters. The summed E-state index contributed by atoms with van der Waals surface area (Å²) in [4.78, 5) is 0. The third-order valence-electron chi connectivity index (χ3n) is 13.8. The molecule has 0 aliphatic carbocycles. The van der Waals surface area contributed by atoms with Gasteiger partial charge in [0.05, 0.1) is 44.7 Å². The number of hydrogen-bond donors (Lipinski definition) is 0. The van der Waals surface area contributed by atoms with Gasteiger partial charge in [0.15, 0.2) is 8.07 Å². The van der Waals surface area contributed by atoms with E-state index in [4.69, 9.17) is 0 Å². The van der Waals surface area contributed by atoms with Crippen molar-refractivity contribution in [3.8, 4) is 23.1 Å². The van der Waals surface area contributed by atoms with Crippen LogP contribution in [-0.2, 0) is 0 Å². The van der Waals surface area contributed by atoms with Crippen LogP contribution >= 0.6 is 0 Å². The highest BCUT2D eigenvalue weighted by molar-refractivity contribution is 7.19. The highest BCUT2D eigenvalue weighted by Gasteiger charge is 2.41. The lowest BCUT2D eigenvalue weighted by Crippen LogP contribution is -2.74. The van der Waals surface area contributed by atoms with Crippen LogP contribution in [0.3, 0.4) is 0 Å². The predicted molar refractivity (Wildman–Crippen MR) is 278 cm³/mol. The van der Waals surface area contributed by atoms with E-state index < -0.39 is 8.07 Å². The molecule has 13 aromatic rings. The Morgan fingerprint density at radius 1 is 0.273 bits per heavy atom. The van der Waals surface area contributed by atoms with E-state index in [-0.39, 0.29) is 0 Å². The Hall–Kier alpha value is -8.69. The largest absolute Gasteiger partial charge is 0.309 e. The van der Waals surface area contributed by atoms with Crippen molar-refractivity contribution in [3.05, 3.63) is 248 Å². The molecule has 0 fully saturated rings. The van der Waals surface area contributed by atoms with Gasteiger partial charge in [0, 0.05) is 49.4 Å². The zero-order valence-corrected chi connectivity index (χ0v) is 36.9. The summed E-state index contributed by atoms with van der Waals surface area (Å²) in [6.45, 7) is 0. The topological polar surface area (TPSA) is 38.6 Å². The maximum absolute atomic E-state index is 9.92. The molecular weight excluding hydrogens is 817 g/mol. The van der Waals surface area contributed by atoms with Gasteiger partial charge in [0.1, 0.15) is 0 Å². The van der Waals surface area contributed by atoms with Crippen molar-refractivity contribution >= 4 is 94.2 Å². The molecule has 0 bridgehead atoms.